The number of anilines is 2. The number of para-hydroxylation sites is 2. The van der Waals surface area contributed by atoms with Crippen LogP contribution >= 0.6 is 11.5 Å². The highest BCUT2D eigenvalue weighted by molar-refractivity contribution is 7.07. The highest BCUT2D eigenvalue weighted by atomic mass is 32.1. The summed E-state index contributed by atoms with van der Waals surface area (Å²) in [7, 11) is 0. The largest absolute Gasteiger partial charge is 0.448 e. The minimum atomic E-state index is -1.13. The minimum absolute atomic E-state index is 0.285. The summed E-state index contributed by atoms with van der Waals surface area (Å²) < 4.78 is 9.13. The van der Waals surface area contributed by atoms with Gasteiger partial charge in [-0.15, -0.1) is 5.10 Å². The molecule has 0 spiro atoms. The topological polar surface area (TPSA) is 101 Å². The van der Waals surface area contributed by atoms with E-state index in [0.29, 0.717) is 23.5 Å². The highest BCUT2D eigenvalue weighted by Gasteiger charge is 2.45. The summed E-state index contributed by atoms with van der Waals surface area (Å²) in [5.74, 6) is -1.44. The van der Waals surface area contributed by atoms with Gasteiger partial charge in [-0.25, -0.2) is 4.79 Å². The average molecular weight is 388 g/mol. The number of fused-ring (bicyclic) bond motifs is 1. The van der Waals surface area contributed by atoms with Crippen molar-refractivity contribution in [3.05, 3.63) is 34.8 Å². The molecule has 1 aromatic carbocycles. The van der Waals surface area contributed by atoms with Crippen molar-refractivity contribution in [3.8, 4) is 0 Å². The molecule has 1 atom stereocenters. The number of amides is 2. The fourth-order valence-corrected chi connectivity index (χ4v) is 3.52. The molecule has 3 rings (SSSR count). The number of carbonyl (C=O) groups is 3. The molecule has 1 aliphatic heterocycles. The second-order valence-electron chi connectivity index (χ2n) is 6.65. The summed E-state index contributed by atoms with van der Waals surface area (Å²) >= 11 is 0.936. The molecule has 2 amide bonds. The normalized spacial score (nSPS) is 16.3. The monoisotopic (exact) mass is 388 g/mol. The van der Waals surface area contributed by atoms with Crippen LogP contribution in [0, 0.1) is 0 Å². The van der Waals surface area contributed by atoms with E-state index >= 15 is 0 Å². The zero-order valence-corrected chi connectivity index (χ0v) is 16.3. The lowest BCUT2D eigenvalue weighted by atomic mass is 9.95. The van der Waals surface area contributed by atoms with E-state index in [0.717, 1.165) is 11.5 Å². The van der Waals surface area contributed by atoms with Crippen LogP contribution in [-0.2, 0) is 20.7 Å². The van der Waals surface area contributed by atoms with Crippen LogP contribution in [0.1, 0.15) is 43.1 Å². The van der Waals surface area contributed by atoms with Crippen LogP contribution in [0.15, 0.2) is 24.3 Å². The Morgan fingerprint density at radius 1 is 1.33 bits per heavy atom. The summed E-state index contributed by atoms with van der Waals surface area (Å²) in [6.45, 7) is 6.64. The third-order valence-corrected chi connectivity index (χ3v) is 5.18. The van der Waals surface area contributed by atoms with E-state index in [2.05, 4.69) is 14.9 Å². The molecule has 2 aromatic rings. The Bertz CT molecular complexity index is 908. The van der Waals surface area contributed by atoms with Crippen LogP contribution in [0.4, 0.5) is 11.4 Å². The van der Waals surface area contributed by atoms with Gasteiger partial charge in [0.25, 0.3) is 5.91 Å². The number of carbonyl (C=O) groups excluding carboxylic acids is 3. The maximum atomic E-state index is 13.1. The van der Waals surface area contributed by atoms with Crippen molar-refractivity contribution in [1.29, 1.82) is 0 Å². The van der Waals surface area contributed by atoms with E-state index in [1.54, 1.807) is 38.1 Å². The lowest BCUT2D eigenvalue weighted by Crippen LogP contribution is -2.60. The van der Waals surface area contributed by atoms with E-state index in [4.69, 9.17) is 4.74 Å². The minimum Gasteiger partial charge on any atom is -0.448 e. The first-order valence-electron chi connectivity index (χ1n) is 8.54. The molecule has 0 saturated heterocycles. The second-order valence-corrected chi connectivity index (χ2v) is 7.41. The van der Waals surface area contributed by atoms with Gasteiger partial charge in [0.05, 0.1) is 17.1 Å². The number of hydrogen-bond acceptors (Lipinski definition) is 7. The van der Waals surface area contributed by atoms with E-state index in [9.17, 15) is 14.4 Å². The van der Waals surface area contributed by atoms with Gasteiger partial charge in [-0.3, -0.25) is 14.5 Å². The van der Waals surface area contributed by atoms with Gasteiger partial charge >= 0.3 is 5.97 Å². The number of benzene rings is 1. The SMILES string of the molecule is CCc1nnsc1C(=O)O[C@H](C)C(=O)N1c2ccccc2NC(=O)C1(C)C. The number of hydrogen-bond donors (Lipinski definition) is 1. The fraction of sp³-hybridized carbons (Fsp3) is 0.389. The van der Waals surface area contributed by atoms with Gasteiger partial charge < -0.3 is 10.1 Å². The van der Waals surface area contributed by atoms with Crippen molar-refractivity contribution in [2.45, 2.75) is 45.8 Å². The van der Waals surface area contributed by atoms with Crippen molar-refractivity contribution in [2.75, 3.05) is 10.2 Å². The summed E-state index contributed by atoms with van der Waals surface area (Å²) in [5, 5.41) is 6.68. The van der Waals surface area contributed by atoms with Crippen LogP contribution in [-0.4, -0.2) is 39.0 Å². The zero-order valence-electron chi connectivity index (χ0n) is 15.5. The van der Waals surface area contributed by atoms with Crippen molar-refractivity contribution in [3.63, 3.8) is 0 Å². The average Bonchev–Trinajstić information content (AvgIpc) is 3.11. The summed E-state index contributed by atoms with van der Waals surface area (Å²) in [4.78, 5) is 39.7. The first-order valence-corrected chi connectivity index (χ1v) is 9.31. The molecule has 1 aliphatic rings. The fourth-order valence-electron chi connectivity index (χ4n) is 2.89. The molecule has 9 heteroatoms. The van der Waals surface area contributed by atoms with E-state index < -0.39 is 23.5 Å². The molecule has 0 bridgehead atoms. The van der Waals surface area contributed by atoms with Gasteiger partial charge in [0.1, 0.15) is 5.54 Å². The number of esters is 1. The maximum absolute atomic E-state index is 13.1. The summed E-state index contributed by atoms with van der Waals surface area (Å²) in [5.41, 5.74) is 0.497. The standard InChI is InChI=1S/C18H20N4O4S/c1-5-11-14(27-21-20-11)16(24)26-10(2)15(23)22-13-9-7-6-8-12(13)19-17(25)18(22,3)4/h6-10H,5H2,1-4H3,(H,19,25)/t10-/m1/s1. The first-order chi connectivity index (χ1) is 12.8. The summed E-state index contributed by atoms with van der Waals surface area (Å²) in [6, 6.07) is 7.01. The van der Waals surface area contributed by atoms with Crippen molar-refractivity contribution >= 4 is 40.7 Å². The zero-order chi connectivity index (χ0) is 19.8. The first kappa shape index (κ1) is 19.0. The Kier molecular flexibility index (Phi) is 4.97. The van der Waals surface area contributed by atoms with E-state index in [1.807, 2.05) is 6.92 Å². The molecular weight excluding hydrogens is 368 g/mol. The van der Waals surface area contributed by atoms with Gasteiger partial charge in [-0.2, -0.15) is 0 Å². The van der Waals surface area contributed by atoms with Gasteiger partial charge in [0.2, 0.25) is 5.91 Å². The maximum Gasteiger partial charge on any atom is 0.352 e. The molecular formula is C18H20N4O4S. The molecule has 142 valence electrons. The van der Waals surface area contributed by atoms with E-state index in [1.165, 1.54) is 11.8 Å². The third kappa shape index (κ3) is 3.30. The number of aryl methyl sites for hydroxylation is 1. The molecule has 27 heavy (non-hydrogen) atoms. The Morgan fingerprint density at radius 2 is 2.04 bits per heavy atom. The Hall–Kier alpha value is -2.81. The number of aromatic nitrogens is 2. The molecule has 0 fully saturated rings. The van der Waals surface area contributed by atoms with Crippen LogP contribution in [0.2, 0.25) is 0 Å². The van der Waals surface area contributed by atoms with Crippen molar-refractivity contribution in [2.24, 2.45) is 0 Å². The van der Waals surface area contributed by atoms with Gasteiger partial charge in [-0.05, 0) is 50.9 Å². The van der Waals surface area contributed by atoms with Crippen LogP contribution in [0.3, 0.4) is 0 Å². The van der Waals surface area contributed by atoms with Crippen molar-refractivity contribution in [1.82, 2.24) is 9.59 Å². The number of nitrogens with one attached hydrogen (secondary N) is 1. The van der Waals surface area contributed by atoms with Crippen molar-refractivity contribution < 1.29 is 19.1 Å². The van der Waals surface area contributed by atoms with Crippen LogP contribution in [0.5, 0.6) is 0 Å². The van der Waals surface area contributed by atoms with Gasteiger partial charge in [0.15, 0.2) is 11.0 Å². The van der Waals surface area contributed by atoms with Gasteiger partial charge in [0, 0.05) is 0 Å². The molecule has 2 heterocycles. The highest BCUT2D eigenvalue weighted by Crippen LogP contribution is 2.37. The Labute approximate surface area is 160 Å². The van der Waals surface area contributed by atoms with E-state index in [-0.39, 0.29) is 10.8 Å². The predicted molar refractivity (Wildman–Crippen MR) is 101 cm³/mol. The Balaban J connectivity index is 1.87. The smallest absolute Gasteiger partial charge is 0.352 e. The Morgan fingerprint density at radius 3 is 2.74 bits per heavy atom. The number of nitrogens with zero attached hydrogens (tertiary/aromatic N) is 3. The molecule has 0 aliphatic carbocycles. The molecule has 0 radical (unpaired) electrons. The molecule has 0 unspecified atom stereocenters. The molecule has 8 nitrogen and oxygen atoms in total. The van der Waals surface area contributed by atoms with Crippen LogP contribution in [0.25, 0.3) is 0 Å². The second kappa shape index (κ2) is 7.07. The van der Waals surface area contributed by atoms with Gasteiger partial charge in [-0.1, -0.05) is 23.5 Å². The molecule has 1 aromatic heterocycles. The predicted octanol–water partition coefficient (Wildman–Crippen LogP) is 2.41. The lowest BCUT2D eigenvalue weighted by molar-refractivity contribution is -0.131. The molecule has 0 saturated carbocycles. The quantitative estimate of drug-likeness (QED) is 0.807. The third-order valence-electron chi connectivity index (χ3n) is 4.44. The number of rotatable bonds is 4. The number of ether oxygens (including phenoxy) is 1. The summed E-state index contributed by atoms with van der Waals surface area (Å²) in [6.07, 6.45) is -0.543. The van der Waals surface area contributed by atoms with Crippen LogP contribution < -0.4 is 10.2 Å². The molecule has 1 N–H and O–H groups in total. The lowest BCUT2D eigenvalue weighted by Gasteiger charge is -2.42.